The van der Waals surface area contributed by atoms with Gasteiger partial charge in [-0.3, -0.25) is 19.3 Å². The highest BCUT2D eigenvalue weighted by Crippen LogP contribution is 2.49. The molecule has 7 heteroatoms. The van der Waals surface area contributed by atoms with E-state index in [4.69, 9.17) is 4.74 Å². The summed E-state index contributed by atoms with van der Waals surface area (Å²) in [6, 6.07) is 14.6. The number of nitrogens with one attached hydrogen (secondary N) is 1. The third-order valence-electron chi connectivity index (χ3n) is 6.52. The highest BCUT2D eigenvalue weighted by atomic mass is 16.5. The van der Waals surface area contributed by atoms with E-state index < -0.39 is 17.4 Å². The molecule has 3 aliphatic rings. The van der Waals surface area contributed by atoms with Crippen molar-refractivity contribution in [1.29, 1.82) is 0 Å². The minimum absolute atomic E-state index is 0.172. The highest BCUT2D eigenvalue weighted by molar-refractivity contribution is 6.13. The lowest BCUT2D eigenvalue weighted by Gasteiger charge is -2.25. The molecule has 5 rings (SSSR count). The number of carbonyl (C=O) groups is 3. The van der Waals surface area contributed by atoms with E-state index in [1.54, 1.807) is 19.2 Å². The molecule has 1 spiro atoms. The van der Waals surface area contributed by atoms with Crippen LogP contribution in [0.2, 0.25) is 0 Å². The fraction of sp³-hybridized carbons (Fsp3) is 0.318. The number of fused-ring (bicyclic) bond motifs is 4. The number of imide groups is 1. The van der Waals surface area contributed by atoms with Gasteiger partial charge < -0.3 is 15.4 Å². The topological polar surface area (TPSA) is 92.3 Å². The Labute approximate surface area is 168 Å². The molecular weight excluding hydrogens is 370 g/mol. The van der Waals surface area contributed by atoms with Gasteiger partial charge in [0.1, 0.15) is 17.6 Å². The minimum Gasteiger partial charge on any atom is -0.497 e. The van der Waals surface area contributed by atoms with Crippen molar-refractivity contribution >= 4 is 23.4 Å². The number of rotatable bonds is 3. The molecule has 3 heterocycles. The van der Waals surface area contributed by atoms with Crippen LogP contribution in [0.25, 0.3) is 0 Å². The third kappa shape index (κ3) is 2.31. The van der Waals surface area contributed by atoms with Crippen LogP contribution in [0.15, 0.2) is 48.5 Å². The number of hydrogen-bond acceptors (Lipinski definition) is 4. The summed E-state index contributed by atoms with van der Waals surface area (Å²) in [5.41, 5.74) is 1.27. The molecule has 0 aliphatic carbocycles. The lowest BCUT2D eigenvalue weighted by molar-refractivity contribution is -0.730. The fourth-order valence-electron chi connectivity index (χ4n) is 5.23. The van der Waals surface area contributed by atoms with Gasteiger partial charge in [0.2, 0.25) is 17.4 Å². The monoisotopic (exact) mass is 392 g/mol. The lowest BCUT2D eigenvalue weighted by Crippen LogP contribution is -2.98. The maximum absolute atomic E-state index is 13.5. The zero-order chi connectivity index (χ0) is 20.3. The number of para-hydroxylation sites is 1. The van der Waals surface area contributed by atoms with Gasteiger partial charge in [0.15, 0.2) is 0 Å². The number of quaternary nitrogens is 1. The van der Waals surface area contributed by atoms with Crippen LogP contribution < -0.4 is 15.4 Å². The van der Waals surface area contributed by atoms with Crippen molar-refractivity contribution in [2.45, 2.75) is 25.0 Å². The Morgan fingerprint density at radius 1 is 1.07 bits per heavy atom. The maximum Gasteiger partial charge on any atom is 0.291 e. The molecule has 2 aromatic rings. The van der Waals surface area contributed by atoms with Crippen LogP contribution in [0, 0.1) is 11.8 Å². The van der Waals surface area contributed by atoms with E-state index in [-0.39, 0.29) is 30.3 Å². The molecule has 2 aromatic carbocycles. The molecule has 3 aliphatic heterocycles. The molecule has 29 heavy (non-hydrogen) atoms. The number of methoxy groups -OCH3 is 1. The summed E-state index contributed by atoms with van der Waals surface area (Å²) >= 11 is 0. The van der Waals surface area contributed by atoms with Gasteiger partial charge in [0.25, 0.3) is 5.91 Å². The van der Waals surface area contributed by atoms with Gasteiger partial charge >= 0.3 is 0 Å². The Kier molecular flexibility index (Phi) is 3.79. The molecule has 148 valence electrons. The third-order valence-corrected chi connectivity index (χ3v) is 6.52. The van der Waals surface area contributed by atoms with Crippen LogP contribution in [0.1, 0.15) is 18.1 Å². The number of anilines is 1. The number of likely N-dealkylation sites (tertiary alicyclic amines) is 1. The average Bonchev–Trinajstić information content (AvgIpc) is 3.28. The first-order valence-electron chi connectivity index (χ1n) is 9.72. The van der Waals surface area contributed by atoms with E-state index >= 15 is 0 Å². The summed E-state index contributed by atoms with van der Waals surface area (Å²) < 4.78 is 5.17. The Hall–Kier alpha value is -3.19. The van der Waals surface area contributed by atoms with Crippen molar-refractivity contribution in [1.82, 2.24) is 4.90 Å². The summed E-state index contributed by atoms with van der Waals surface area (Å²) in [5, 5.41) is 4.82. The summed E-state index contributed by atoms with van der Waals surface area (Å²) in [6.07, 6.45) is 0. The van der Waals surface area contributed by atoms with E-state index in [9.17, 15) is 14.4 Å². The van der Waals surface area contributed by atoms with Gasteiger partial charge in [-0.05, 0) is 30.7 Å². The standard InChI is InChI=1S/C22H21N3O4/c1-12-17-18(22(24-12)15-5-3-4-6-16(15)23-21(22)28)20(27)25(19(17)26)11-13-7-9-14(29-2)10-8-13/h3-10,12,17-18,24H,11H2,1-2H3,(H,23,28)/p+1/t12-,17+,18-,22+/m0/s1. The predicted octanol–water partition coefficient (Wildman–Crippen LogP) is 0.610. The summed E-state index contributed by atoms with van der Waals surface area (Å²) in [7, 11) is 1.59. The van der Waals surface area contributed by atoms with Crippen molar-refractivity contribution in [2.75, 3.05) is 12.4 Å². The Bertz CT molecular complexity index is 1030. The quantitative estimate of drug-likeness (QED) is 0.749. The second-order valence-corrected chi connectivity index (χ2v) is 8.01. The Balaban J connectivity index is 1.53. The number of carbonyl (C=O) groups excluding carboxylic acids is 3. The van der Waals surface area contributed by atoms with Crippen LogP contribution >= 0.6 is 0 Å². The molecule has 0 bridgehead atoms. The number of ether oxygens (including phenoxy) is 1. The number of nitrogens with zero attached hydrogens (tertiary/aromatic N) is 1. The van der Waals surface area contributed by atoms with E-state index in [1.807, 2.05) is 48.6 Å². The number of nitrogens with two attached hydrogens (primary N) is 1. The van der Waals surface area contributed by atoms with Gasteiger partial charge in [-0.25, -0.2) is 0 Å². The van der Waals surface area contributed by atoms with E-state index in [1.165, 1.54) is 4.90 Å². The molecule has 2 fully saturated rings. The fourth-order valence-corrected chi connectivity index (χ4v) is 5.23. The van der Waals surface area contributed by atoms with E-state index in [0.29, 0.717) is 5.75 Å². The summed E-state index contributed by atoms with van der Waals surface area (Å²) in [5.74, 6) is -1.20. The van der Waals surface area contributed by atoms with Gasteiger partial charge in [0, 0.05) is 5.56 Å². The van der Waals surface area contributed by atoms with Crippen LogP contribution in [0.4, 0.5) is 5.69 Å². The van der Waals surface area contributed by atoms with Crippen LogP contribution in [0.3, 0.4) is 0 Å². The first-order chi connectivity index (χ1) is 14.0. The zero-order valence-corrected chi connectivity index (χ0v) is 16.2. The van der Waals surface area contributed by atoms with Gasteiger partial charge in [0.05, 0.1) is 25.4 Å². The Morgan fingerprint density at radius 3 is 2.52 bits per heavy atom. The van der Waals surface area contributed by atoms with Gasteiger partial charge in [-0.1, -0.05) is 30.3 Å². The Morgan fingerprint density at radius 2 is 1.79 bits per heavy atom. The zero-order valence-electron chi connectivity index (χ0n) is 16.2. The van der Waals surface area contributed by atoms with Crippen molar-refractivity contribution < 1.29 is 24.4 Å². The van der Waals surface area contributed by atoms with Crippen molar-refractivity contribution in [3.63, 3.8) is 0 Å². The maximum atomic E-state index is 13.5. The molecule has 0 unspecified atom stereocenters. The van der Waals surface area contributed by atoms with Gasteiger partial charge in [-0.15, -0.1) is 0 Å². The van der Waals surface area contributed by atoms with Crippen molar-refractivity contribution in [3.8, 4) is 5.75 Å². The highest BCUT2D eigenvalue weighted by Gasteiger charge is 2.73. The largest absolute Gasteiger partial charge is 0.497 e. The molecule has 4 atom stereocenters. The lowest BCUT2D eigenvalue weighted by atomic mass is 9.76. The molecule has 2 saturated heterocycles. The summed E-state index contributed by atoms with van der Waals surface area (Å²) in [6.45, 7) is 2.11. The predicted molar refractivity (Wildman–Crippen MR) is 104 cm³/mol. The van der Waals surface area contributed by atoms with Crippen LogP contribution in [-0.2, 0) is 26.5 Å². The molecular formula is C22H22N3O4+. The second kappa shape index (κ2) is 6.15. The SMILES string of the molecule is COc1ccc(CN2C(=O)[C@@H]3[C@H](C)[NH2+][C@@]4(C(=O)Nc5ccccc54)[C@@H]3C2=O)cc1. The molecule has 0 radical (unpaired) electrons. The van der Waals surface area contributed by atoms with Crippen LogP contribution in [-0.4, -0.2) is 35.8 Å². The normalized spacial score (nSPS) is 29.9. The van der Waals surface area contributed by atoms with Crippen molar-refractivity contribution in [2.24, 2.45) is 11.8 Å². The molecule has 3 N–H and O–H groups in total. The summed E-state index contributed by atoms with van der Waals surface area (Å²) in [4.78, 5) is 41.1. The molecule has 3 amide bonds. The van der Waals surface area contributed by atoms with E-state index in [0.717, 1.165) is 16.8 Å². The molecule has 0 aromatic heterocycles. The molecule has 0 saturated carbocycles. The van der Waals surface area contributed by atoms with Crippen LogP contribution in [0.5, 0.6) is 5.75 Å². The van der Waals surface area contributed by atoms with Crippen molar-refractivity contribution in [3.05, 3.63) is 59.7 Å². The number of hydrogen-bond donors (Lipinski definition) is 2. The smallest absolute Gasteiger partial charge is 0.291 e. The van der Waals surface area contributed by atoms with Gasteiger partial charge in [-0.2, -0.15) is 0 Å². The second-order valence-electron chi connectivity index (χ2n) is 8.01. The first kappa shape index (κ1) is 17.9. The number of amides is 3. The minimum atomic E-state index is -1.08. The average molecular weight is 392 g/mol. The first-order valence-corrected chi connectivity index (χ1v) is 9.72. The molecule has 7 nitrogen and oxygen atoms in total. The van der Waals surface area contributed by atoms with E-state index in [2.05, 4.69) is 5.32 Å². The number of benzene rings is 2.